The van der Waals surface area contributed by atoms with E-state index >= 15 is 0 Å². The van der Waals surface area contributed by atoms with E-state index in [0.717, 1.165) is 31.3 Å². The maximum Gasteiger partial charge on any atom is 0.253 e. The number of amides is 1. The summed E-state index contributed by atoms with van der Waals surface area (Å²) in [5.74, 6) is 1.43. The van der Waals surface area contributed by atoms with Gasteiger partial charge in [-0.15, -0.1) is 10.2 Å². The monoisotopic (exact) mass is 344 g/mol. The van der Waals surface area contributed by atoms with Crippen molar-refractivity contribution in [2.24, 2.45) is 0 Å². The second kappa shape index (κ2) is 7.60. The van der Waals surface area contributed by atoms with Gasteiger partial charge in [-0.3, -0.25) is 4.79 Å². The number of hydrogen-bond acceptors (Lipinski definition) is 6. The van der Waals surface area contributed by atoms with Crippen LogP contribution in [-0.4, -0.2) is 51.0 Å². The minimum atomic E-state index is -0.173. The van der Waals surface area contributed by atoms with Crippen LogP contribution in [0.15, 0.2) is 24.7 Å². The third-order valence-electron chi connectivity index (χ3n) is 4.20. The lowest BCUT2D eigenvalue weighted by atomic mass is 10.2. The Morgan fingerprint density at radius 1 is 1.32 bits per heavy atom. The van der Waals surface area contributed by atoms with E-state index < -0.39 is 0 Å². The van der Waals surface area contributed by atoms with Gasteiger partial charge < -0.3 is 19.5 Å². The van der Waals surface area contributed by atoms with Crippen molar-refractivity contribution in [1.29, 1.82) is 0 Å². The molecule has 1 saturated heterocycles. The van der Waals surface area contributed by atoms with Gasteiger partial charge in [0.1, 0.15) is 12.1 Å². The van der Waals surface area contributed by atoms with E-state index in [0.29, 0.717) is 12.1 Å². The largest absolute Gasteiger partial charge is 0.372 e. The molecule has 1 N–H and O–H groups in total. The molecule has 2 unspecified atom stereocenters. The lowest BCUT2D eigenvalue weighted by molar-refractivity contribution is -0.00546. The highest BCUT2D eigenvalue weighted by Gasteiger charge is 2.23. The van der Waals surface area contributed by atoms with E-state index in [-0.39, 0.29) is 18.1 Å². The van der Waals surface area contributed by atoms with Crippen LogP contribution in [0.4, 0.5) is 5.82 Å². The van der Waals surface area contributed by atoms with Gasteiger partial charge in [-0.05, 0) is 32.9 Å². The van der Waals surface area contributed by atoms with E-state index in [1.54, 1.807) is 18.6 Å². The summed E-state index contributed by atoms with van der Waals surface area (Å²) in [5, 5.41) is 10.7. The third-order valence-corrected chi connectivity index (χ3v) is 4.20. The Labute approximate surface area is 147 Å². The number of pyridine rings is 1. The standard InChI is InChI=1S/C17H24N6O2/c1-4-22-11-20-21-16(22)8-19-17(24)14-5-6-15(18-7-14)23-9-12(2)25-13(3)10-23/h5-7,11-13H,4,8-10H2,1-3H3,(H,19,24). The predicted octanol–water partition coefficient (Wildman–Crippen LogP) is 1.24. The predicted molar refractivity (Wildman–Crippen MR) is 93.3 cm³/mol. The van der Waals surface area contributed by atoms with E-state index in [1.165, 1.54) is 0 Å². The number of rotatable bonds is 5. The Morgan fingerprint density at radius 3 is 2.72 bits per heavy atom. The number of nitrogens with one attached hydrogen (secondary N) is 1. The molecule has 2 aromatic heterocycles. The summed E-state index contributed by atoms with van der Waals surface area (Å²) in [6, 6.07) is 3.68. The van der Waals surface area contributed by atoms with Crippen LogP contribution in [0.2, 0.25) is 0 Å². The van der Waals surface area contributed by atoms with E-state index in [1.807, 2.05) is 17.6 Å². The van der Waals surface area contributed by atoms with Gasteiger partial charge in [0.05, 0.1) is 24.3 Å². The van der Waals surface area contributed by atoms with Crippen LogP contribution in [-0.2, 0) is 17.8 Å². The first-order valence-electron chi connectivity index (χ1n) is 8.58. The topological polar surface area (TPSA) is 85.2 Å². The molecule has 2 atom stereocenters. The lowest BCUT2D eigenvalue weighted by Crippen LogP contribution is -2.45. The summed E-state index contributed by atoms with van der Waals surface area (Å²) in [6.45, 7) is 8.83. The summed E-state index contributed by atoms with van der Waals surface area (Å²) in [7, 11) is 0. The van der Waals surface area contributed by atoms with E-state index in [4.69, 9.17) is 4.74 Å². The van der Waals surface area contributed by atoms with Gasteiger partial charge in [0, 0.05) is 25.8 Å². The molecule has 25 heavy (non-hydrogen) atoms. The molecule has 0 spiro atoms. The normalized spacial score (nSPS) is 20.5. The molecular weight excluding hydrogens is 320 g/mol. The highest BCUT2D eigenvalue weighted by Crippen LogP contribution is 2.18. The molecule has 0 aromatic carbocycles. The smallest absolute Gasteiger partial charge is 0.253 e. The van der Waals surface area contributed by atoms with Crippen molar-refractivity contribution in [1.82, 2.24) is 25.1 Å². The summed E-state index contributed by atoms with van der Waals surface area (Å²) in [5.41, 5.74) is 0.528. The van der Waals surface area contributed by atoms with Crippen molar-refractivity contribution in [2.45, 2.75) is 46.1 Å². The molecular formula is C17H24N6O2. The Hall–Kier alpha value is -2.48. The van der Waals surface area contributed by atoms with Crippen molar-refractivity contribution in [3.63, 3.8) is 0 Å². The Kier molecular flexibility index (Phi) is 5.28. The zero-order valence-corrected chi connectivity index (χ0v) is 14.8. The van der Waals surface area contributed by atoms with Crippen molar-refractivity contribution in [3.8, 4) is 0 Å². The fourth-order valence-electron chi connectivity index (χ4n) is 3.01. The van der Waals surface area contributed by atoms with E-state index in [9.17, 15) is 4.79 Å². The summed E-state index contributed by atoms with van der Waals surface area (Å²) in [4.78, 5) is 18.9. The van der Waals surface area contributed by atoms with Crippen molar-refractivity contribution in [3.05, 3.63) is 36.0 Å². The SMILES string of the molecule is CCn1cnnc1CNC(=O)c1ccc(N2CC(C)OC(C)C2)nc1. The zero-order chi connectivity index (χ0) is 17.8. The molecule has 2 aromatic rings. The van der Waals surface area contributed by atoms with Gasteiger partial charge in [-0.1, -0.05) is 0 Å². The molecule has 0 saturated carbocycles. The van der Waals surface area contributed by atoms with Crippen LogP contribution in [0, 0.1) is 0 Å². The maximum atomic E-state index is 12.3. The molecule has 1 amide bonds. The van der Waals surface area contributed by atoms with Crippen LogP contribution in [0.1, 0.15) is 37.0 Å². The average Bonchev–Trinajstić information content (AvgIpc) is 3.06. The Morgan fingerprint density at radius 2 is 2.08 bits per heavy atom. The molecule has 134 valence electrons. The minimum absolute atomic E-state index is 0.171. The van der Waals surface area contributed by atoms with Crippen LogP contribution < -0.4 is 10.2 Å². The van der Waals surface area contributed by atoms with Crippen molar-refractivity contribution in [2.75, 3.05) is 18.0 Å². The van der Waals surface area contributed by atoms with Gasteiger partial charge in [0.2, 0.25) is 0 Å². The third kappa shape index (κ3) is 4.14. The van der Waals surface area contributed by atoms with Crippen LogP contribution in [0.25, 0.3) is 0 Å². The first kappa shape index (κ1) is 17.3. The molecule has 0 bridgehead atoms. The molecule has 3 heterocycles. The summed E-state index contributed by atoms with van der Waals surface area (Å²) >= 11 is 0. The number of ether oxygens (including phenoxy) is 1. The summed E-state index contributed by atoms with van der Waals surface area (Å²) in [6.07, 6.45) is 3.61. The number of carbonyl (C=O) groups excluding carboxylic acids is 1. The molecule has 1 aliphatic heterocycles. The summed E-state index contributed by atoms with van der Waals surface area (Å²) < 4.78 is 7.63. The quantitative estimate of drug-likeness (QED) is 0.878. The maximum absolute atomic E-state index is 12.3. The van der Waals surface area contributed by atoms with Crippen LogP contribution in [0.5, 0.6) is 0 Å². The molecule has 8 heteroatoms. The number of anilines is 1. The number of nitrogens with zero attached hydrogens (tertiary/aromatic N) is 5. The number of hydrogen-bond donors (Lipinski definition) is 1. The minimum Gasteiger partial charge on any atom is -0.372 e. The lowest BCUT2D eigenvalue weighted by Gasteiger charge is -2.36. The van der Waals surface area contributed by atoms with Crippen molar-refractivity contribution < 1.29 is 9.53 Å². The number of carbonyl (C=O) groups is 1. The molecule has 8 nitrogen and oxygen atoms in total. The Balaban J connectivity index is 1.60. The Bertz CT molecular complexity index is 704. The number of aromatic nitrogens is 4. The molecule has 3 rings (SSSR count). The molecule has 1 aliphatic rings. The van der Waals surface area contributed by atoms with Gasteiger partial charge in [-0.25, -0.2) is 4.98 Å². The highest BCUT2D eigenvalue weighted by atomic mass is 16.5. The fraction of sp³-hybridized carbons (Fsp3) is 0.529. The van der Waals surface area contributed by atoms with Crippen molar-refractivity contribution >= 4 is 11.7 Å². The first-order chi connectivity index (χ1) is 12.1. The van der Waals surface area contributed by atoms with Gasteiger partial charge in [-0.2, -0.15) is 0 Å². The van der Waals surface area contributed by atoms with Gasteiger partial charge >= 0.3 is 0 Å². The fourth-order valence-corrected chi connectivity index (χ4v) is 3.01. The number of morpholine rings is 1. The highest BCUT2D eigenvalue weighted by molar-refractivity contribution is 5.93. The van der Waals surface area contributed by atoms with E-state index in [2.05, 4.69) is 39.2 Å². The van der Waals surface area contributed by atoms with Gasteiger partial charge in [0.15, 0.2) is 5.82 Å². The second-order valence-corrected chi connectivity index (χ2v) is 6.28. The molecule has 0 radical (unpaired) electrons. The first-order valence-corrected chi connectivity index (χ1v) is 8.58. The van der Waals surface area contributed by atoms with Crippen LogP contribution in [0.3, 0.4) is 0 Å². The van der Waals surface area contributed by atoms with Gasteiger partial charge in [0.25, 0.3) is 5.91 Å². The number of aryl methyl sites for hydroxylation is 1. The average molecular weight is 344 g/mol. The molecule has 1 fully saturated rings. The zero-order valence-electron chi connectivity index (χ0n) is 14.8. The second-order valence-electron chi connectivity index (χ2n) is 6.28. The van der Waals surface area contributed by atoms with Crippen LogP contribution >= 0.6 is 0 Å². The molecule has 0 aliphatic carbocycles.